The minimum Gasteiger partial charge on any atom is -0.379 e. The maximum absolute atomic E-state index is 5.34. The summed E-state index contributed by atoms with van der Waals surface area (Å²) in [4.78, 5) is 6.78. The average molecular weight is 379 g/mol. The van der Waals surface area contributed by atoms with Gasteiger partial charge in [0.05, 0.1) is 19.4 Å². The summed E-state index contributed by atoms with van der Waals surface area (Å²) in [6.45, 7) is 5.29. The molecule has 0 amide bonds. The van der Waals surface area contributed by atoms with Gasteiger partial charge in [-0.25, -0.2) is 0 Å². The van der Waals surface area contributed by atoms with Crippen LogP contribution in [-0.4, -0.2) is 59.5 Å². The molecular formula is C15H19BrN6O. The number of nitrogens with zero attached hydrogens (tertiary/aromatic N) is 4. The third-order valence-corrected chi connectivity index (χ3v) is 3.96. The van der Waals surface area contributed by atoms with E-state index in [9.17, 15) is 0 Å². The standard InChI is InChI=1S/C15H19BrN6O/c16-12-2-1-3-13(10-12)19-14-11-18-21-15(20-14)17-4-5-22-6-8-23-9-7-22/h1-3,10-11H,4-9H2,(H2,17,19,20,21). The van der Waals surface area contributed by atoms with E-state index in [1.54, 1.807) is 6.20 Å². The van der Waals surface area contributed by atoms with Crippen LogP contribution in [0, 0.1) is 0 Å². The van der Waals surface area contributed by atoms with Crippen molar-refractivity contribution in [1.29, 1.82) is 0 Å². The molecule has 0 radical (unpaired) electrons. The number of hydrogen-bond donors (Lipinski definition) is 2. The highest BCUT2D eigenvalue weighted by atomic mass is 79.9. The first-order chi connectivity index (χ1) is 11.3. The van der Waals surface area contributed by atoms with Crippen molar-refractivity contribution in [3.63, 3.8) is 0 Å². The highest BCUT2D eigenvalue weighted by molar-refractivity contribution is 9.10. The lowest BCUT2D eigenvalue weighted by atomic mass is 10.3. The lowest BCUT2D eigenvalue weighted by molar-refractivity contribution is 0.0398. The van der Waals surface area contributed by atoms with Gasteiger partial charge in [-0.2, -0.15) is 10.1 Å². The lowest BCUT2D eigenvalue weighted by Crippen LogP contribution is -2.39. The Kier molecular flexibility index (Phi) is 5.73. The Morgan fingerprint density at radius 2 is 2.13 bits per heavy atom. The second-order valence-corrected chi connectivity index (χ2v) is 6.10. The Labute approximate surface area is 143 Å². The maximum atomic E-state index is 5.34. The minimum absolute atomic E-state index is 0.526. The van der Waals surface area contributed by atoms with Gasteiger partial charge in [0.1, 0.15) is 0 Å². The molecule has 0 bridgehead atoms. The Hall–Kier alpha value is -1.77. The highest BCUT2D eigenvalue weighted by Crippen LogP contribution is 2.19. The molecule has 2 heterocycles. The predicted molar refractivity (Wildman–Crippen MR) is 93.0 cm³/mol. The Morgan fingerprint density at radius 3 is 2.96 bits per heavy atom. The minimum atomic E-state index is 0.526. The number of rotatable bonds is 6. The van der Waals surface area contributed by atoms with Crippen LogP contribution in [0.15, 0.2) is 34.9 Å². The number of benzene rings is 1. The summed E-state index contributed by atoms with van der Waals surface area (Å²) >= 11 is 3.45. The van der Waals surface area contributed by atoms with Crippen molar-refractivity contribution in [1.82, 2.24) is 20.1 Å². The molecule has 3 rings (SSSR count). The van der Waals surface area contributed by atoms with Crippen molar-refractivity contribution in [3.8, 4) is 0 Å². The van der Waals surface area contributed by atoms with Gasteiger partial charge < -0.3 is 15.4 Å². The smallest absolute Gasteiger partial charge is 0.244 e. The molecule has 0 saturated carbocycles. The van der Waals surface area contributed by atoms with E-state index in [4.69, 9.17) is 4.74 Å². The molecule has 1 fully saturated rings. The van der Waals surface area contributed by atoms with Crippen LogP contribution in [0.25, 0.3) is 0 Å². The van der Waals surface area contributed by atoms with Gasteiger partial charge in [-0.15, -0.1) is 5.10 Å². The summed E-state index contributed by atoms with van der Waals surface area (Å²) in [5.74, 6) is 1.19. The number of hydrogen-bond acceptors (Lipinski definition) is 7. The summed E-state index contributed by atoms with van der Waals surface area (Å²) in [7, 11) is 0. The maximum Gasteiger partial charge on any atom is 0.244 e. The van der Waals surface area contributed by atoms with E-state index in [2.05, 4.69) is 46.6 Å². The second-order valence-electron chi connectivity index (χ2n) is 5.18. The molecule has 122 valence electrons. The molecule has 0 unspecified atom stereocenters. The number of anilines is 3. The number of morpholine rings is 1. The zero-order valence-corrected chi connectivity index (χ0v) is 14.3. The van der Waals surface area contributed by atoms with Crippen molar-refractivity contribution in [2.75, 3.05) is 50.0 Å². The van der Waals surface area contributed by atoms with Gasteiger partial charge >= 0.3 is 0 Å². The van der Waals surface area contributed by atoms with E-state index in [0.29, 0.717) is 11.8 Å². The van der Waals surface area contributed by atoms with Crippen molar-refractivity contribution in [2.24, 2.45) is 0 Å². The molecule has 1 saturated heterocycles. The summed E-state index contributed by atoms with van der Waals surface area (Å²) in [5, 5.41) is 14.4. The summed E-state index contributed by atoms with van der Waals surface area (Å²) in [6.07, 6.45) is 1.61. The molecule has 7 nitrogen and oxygen atoms in total. The number of aromatic nitrogens is 3. The van der Waals surface area contributed by atoms with Crippen LogP contribution in [0.4, 0.5) is 17.5 Å². The molecule has 0 aliphatic carbocycles. The van der Waals surface area contributed by atoms with Gasteiger partial charge in [0.2, 0.25) is 5.95 Å². The largest absolute Gasteiger partial charge is 0.379 e. The fraction of sp³-hybridized carbons (Fsp3) is 0.400. The number of halogens is 1. The van der Waals surface area contributed by atoms with Gasteiger partial charge in [0.25, 0.3) is 0 Å². The molecule has 1 aromatic carbocycles. The first-order valence-electron chi connectivity index (χ1n) is 7.56. The third-order valence-electron chi connectivity index (χ3n) is 3.47. The summed E-state index contributed by atoms with van der Waals surface area (Å²) < 4.78 is 6.34. The molecule has 8 heteroatoms. The molecule has 0 atom stereocenters. The molecule has 1 aromatic heterocycles. The topological polar surface area (TPSA) is 75.2 Å². The number of ether oxygens (including phenoxy) is 1. The quantitative estimate of drug-likeness (QED) is 0.796. The number of nitrogens with one attached hydrogen (secondary N) is 2. The van der Waals surface area contributed by atoms with Gasteiger partial charge in [0.15, 0.2) is 5.82 Å². The lowest BCUT2D eigenvalue weighted by Gasteiger charge is -2.26. The second kappa shape index (κ2) is 8.19. The molecule has 2 N–H and O–H groups in total. The van der Waals surface area contributed by atoms with Crippen LogP contribution in [-0.2, 0) is 4.74 Å². The highest BCUT2D eigenvalue weighted by Gasteiger charge is 2.09. The Bertz CT molecular complexity index is 635. The van der Waals surface area contributed by atoms with Crippen molar-refractivity contribution >= 4 is 33.4 Å². The van der Waals surface area contributed by atoms with Crippen molar-refractivity contribution in [2.45, 2.75) is 0 Å². The molecule has 1 aliphatic rings. The van der Waals surface area contributed by atoms with Crippen LogP contribution in [0.5, 0.6) is 0 Å². The van der Waals surface area contributed by atoms with E-state index in [1.165, 1.54) is 0 Å². The normalized spacial score (nSPS) is 15.3. The van der Waals surface area contributed by atoms with Gasteiger partial charge in [-0.3, -0.25) is 4.90 Å². The van der Waals surface area contributed by atoms with E-state index >= 15 is 0 Å². The van der Waals surface area contributed by atoms with E-state index in [-0.39, 0.29) is 0 Å². The predicted octanol–water partition coefficient (Wildman–Crippen LogP) is 2.12. The molecule has 2 aromatic rings. The molecule has 1 aliphatic heterocycles. The summed E-state index contributed by atoms with van der Waals surface area (Å²) in [5.41, 5.74) is 0.944. The molecular weight excluding hydrogens is 360 g/mol. The Morgan fingerprint density at radius 1 is 1.26 bits per heavy atom. The average Bonchev–Trinajstić information content (AvgIpc) is 2.56. The van der Waals surface area contributed by atoms with E-state index in [0.717, 1.165) is 49.6 Å². The zero-order chi connectivity index (χ0) is 15.9. The molecule has 0 spiro atoms. The van der Waals surface area contributed by atoms with Gasteiger partial charge in [0, 0.05) is 36.3 Å². The van der Waals surface area contributed by atoms with Crippen LogP contribution in [0.3, 0.4) is 0 Å². The SMILES string of the molecule is Brc1cccc(Nc2cnnc(NCCN3CCOCC3)n2)c1. The van der Waals surface area contributed by atoms with E-state index in [1.807, 2.05) is 24.3 Å². The van der Waals surface area contributed by atoms with Crippen molar-refractivity contribution in [3.05, 3.63) is 34.9 Å². The monoisotopic (exact) mass is 378 g/mol. The van der Waals surface area contributed by atoms with E-state index < -0.39 is 0 Å². The van der Waals surface area contributed by atoms with Crippen LogP contribution >= 0.6 is 15.9 Å². The fourth-order valence-electron chi connectivity index (χ4n) is 2.30. The van der Waals surface area contributed by atoms with Crippen molar-refractivity contribution < 1.29 is 4.74 Å². The van der Waals surface area contributed by atoms with Crippen LogP contribution in [0.2, 0.25) is 0 Å². The third kappa shape index (κ3) is 5.12. The first-order valence-corrected chi connectivity index (χ1v) is 8.35. The van der Waals surface area contributed by atoms with Crippen LogP contribution < -0.4 is 10.6 Å². The fourth-order valence-corrected chi connectivity index (χ4v) is 2.70. The Balaban J connectivity index is 1.52. The first kappa shape index (κ1) is 16.1. The zero-order valence-electron chi connectivity index (χ0n) is 12.7. The van der Waals surface area contributed by atoms with Gasteiger partial charge in [-0.05, 0) is 18.2 Å². The molecule has 23 heavy (non-hydrogen) atoms. The van der Waals surface area contributed by atoms with Gasteiger partial charge in [-0.1, -0.05) is 22.0 Å². The summed E-state index contributed by atoms with van der Waals surface area (Å²) in [6, 6.07) is 7.89. The van der Waals surface area contributed by atoms with Crippen LogP contribution in [0.1, 0.15) is 0 Å².